The lowest BCUT2D eigenvalue weighted by Gasteiger charge is -2.26. The fourth-order valence-corrected chi connectivity index (χ4v) is 0.889. The summed E-state index contributed by atoms with van der Waals surface area (Å²) in [5.41, 5.74) is 0. The number of carbonyl (C=O) groups excluding carboxylic acids is 2. The predicted molar refractivity (Wildman–Crippen MR) is 28.3 cm³/mol. The van der Waals surface area contributed by atoms with E-state index >= 15 is 0 Å². The molecular formula is C6H8O2. The molecule has 1 fully saturated rings. The van der Waals surface area contributed by atoms with Gasteiger partial charge in [0.05, 0.1) is 0 Å². The Balaban J connectivity index is 2.36. The highest BCUT2D eigenvalue weighted by atomic mass is 16.1. The normalized spacial score (nSPS) is 35.5. The lowest BCUT2D eigenvalue weighted by Crippen LogP contribution is -2.27. The van der Waals surface area contributed by atoms with Gasteiger partial charge in [-0.25, -0.2) is 0 Å². The number of hydrogen-bond donors (Lipinski definition) is 0. The molecule has 1 aliphatic carbocycles. The molecule has 0 amide bonds. The van der Waals surface area contributed by atoms with Gasteiger partial charge in [-0.15, -0.1) is 0 Å². The summed E-state index contributed by atoms with van der Waals surface area (Å²) < 4.78 is 0. The average Bonchev–Trinajstić information content (AvgIpc) is 1.66. The van der Waals surface area contributed by atoms with Gasteiger partial charge in [-0.3, -0.25) is 0 Å². The molecular weight excluding hydrogens is 104 g/mol. The first-order chi connectivity index (χ1) is 3.88. The summed E-state index contributed by atoms with van der Waals surface area (Å²) in [4.78, 5) is 20.0. The van der Waals surface area contributed by atoms with Crippen LogP contribution >= 0.6 is 0 Å². The Bertz CT molecular complexity index is 95.1. The van der Waals surface area contributed by atoms with Gasteiger partial charge in [-0.2, -0.15) is 0 Å². The van der Waals surface area contributed by atoms with Crippen molar-refractivity contribution in [3.05, 3.63) is 0 Å². The lowest BCUT2D eigenvalue weighted by molar-refractivity contribution is -0.123. The van der Waals surface area contributed by atoms with Crippen molar-refractivity contribution in [3.63, 3.8) is 0 Å². The molecule has 1 saturated carbocycles. The smallest absolute Gasteiger partial charge is 0.123 e. The minimum Gasteiger partial charge on any atom is -0.303 e. The molecule has 0 aromatic rings. The molecule has 0 N–H and O–H groups in total. The summed E-state index contributed by atoms with van der Waals surface area (Å²) in [7, 11) is 0. The monoisotopic (exact) mass is 112 g/mol. The topological polar surface area (TPSA) is 34.1 Å². The molecule has 0 aromatic heterocycles. The van der Waals surface area contributed by atoms with Gasteiger partial charge in [0.15, 0.2) is 0 Å². The zero-order chi connectivity index (χ0) is 5.98. The number of aldehydes is 2. The molecule has 0 heterocycles. The quantitative estimate of drug-likeness (QED) is 0.485. The largest absolute Gasteiger partial charge is 0.303 e. The Morgan fingerprint density at radius 1 is 1.00 bits per heavy atom. The SMILES string of the molecule is O=C[C@@H]1CC[C@H]1C=O. The van der Waals surface area contributed by atoms with Crippen LogP contribution in [0.4, 0.5) is 0 Å². The van der Waals surface area contributed by atoms with Gasteiger partial charge in [-0.05, 0) is 12.8 Å². The first-order valence-electron chi connectivity index (χ1n) is 2.79. The molecule has 0 saturated heterocycles. The second kappa shape index (κ2) is 2.07. The first kappa shape index (κ1) is 5.48. The van der Waals surface area contributed by atoms with Crippen molar-refractivity contribution in [1.29, 1.82) is 0 Å². The van der Waals surface area contributed by atoms with E-state index in [1.807, 2.05) is 0 Å². The maximum atomic E-state index is 10.00. The van der Waals surface area contributed by atoms with Crippen LogP contribution in [-0.4, -0.2) is 12.6 Å². The van der Waals surface area contributed by atoms with Crippen LogP contribution in [0.15, 0.2) is 0 Å². The maximum Gasteiger partial charge on any atom is 0.123 e. The van der Waals surface area contributed by atoms with Crippen molar-refractivity contribution in [2.45, 2.75) is 12.8 Å². The molecule has 2 nitrogen and oxygen atoms in total. The van der Waals surface area contributed by atoms with Gasteiger partial charge in [0.25, 0.3) is 0 Å². The summed E-state index contributed by atoms with van der Waals surface area (Å²) >= 11 is 0. The van der Waals surface area contributed by atoms with Gasteiger partial charge in [0, 0.05) is 11.8 Å². The van der Waals surface area contributed by atoms with Crippen molar-refractivity contribution < 1.29 is 9.59 Å². The Kier molecular flexibility index (Phi) is 1.42. The molecule has 0 bridgehead atoms. The molecule has 1 rings (SSSR count). The van der Waals surface area contributed by atoms with Crippen LogP contribution in [0.1, 0.15) is 12.8 Å². The third-order valence-electron chi connectivity index (χ3n) is 1.73. The average molecular weight is 112 g/mol. The van der Waals surface area contributed by atoms with E-state index in [0.29, 0.717) is 0 Å². The minimum absolute atomic E-state index is 0.0486. The van der Waals surface area contributed by atoms with Gasteiger partial charge < -0.3 is 9.59 Å². The van der Waals surface area contributed by atoms with Gasteiger partial charge in [0.1, 0.15) is 12.6 Å². The molecule has 44 valence electrons. The van der Waals surface area contributed by atoms with E-state index in [-0.39, 0.29) is 11.8 Å². The summed E-state index contributed by atoms with van der Waals surface area (Å²) in [6.45, 7) is 0. The molecule has 0 aliphatic heterocycles. The van der Waals surface area contributed by atoms with E-state index in [1.165, 1.54) is 0 Å². The maximum absolute atomic E-state index is 10.00. The van der Waals surface area contributed by atoms with Crippen LogP contribution in [0.2, 0.25) is 0 Å². The van der Waals surface area contributed by atoms with Crippen molar-refractivity contribution in [1.82, 2.24) is 0 Å². The van der Waals surface area contributed by atoms with Crippen LogP contribution in [-0.2, 0) is 9.59 Å². The number of rotatable bonds is 2. The zero-order valence-corrected chi connectivity index (χ0v) is 4.54. The highest BCUT2D eigenvalue weighted by Gasteiger charge is 2.29. The molecule has 0 spiro atoms. The fourth-order valence-electron chi connectivity index (χ4n) is 0.889. The number of carbonyl (C=O) groups is 2. The molecule has 8 heavy (non-hydrogen) atoms. The fraction of sp³-hybridized carbons (Fsp3) is 0.667. The molecule has 1 aliphatic rings. The standard InChI is InChI=1S/C6H8O2/c7-3-5-1-2-6(5)4-8/h3-6H,1-2H2/t5-,6-/m0/s1. The van der Waals surface area contributed by atoms with Crippen LogP contribution in [0.3, 0.4) is 0 Å². The Hall–Kier alpha value is -0.660. The first-order valence-corrected chi connectivity index (χ1v) is 2.79. The molecule has 2 atom stereocenters. The Morgan fingerprint density at radius 2 is 1.38 bits per heavy atom. The van der Waals surface area contributed by atoms with Crippen LogP contribution in [0.25, 0.3) is 0 Å². The predicted octanol–water partition coefficient (Wildman–Crippen LogP) is 0.410. The molecule has 2 heteroatoms. The van der Waals surface area contributed by atoms with E-state index in [2.05, 4.69) is 0 Å². The van der Waals surface area contributed by atoms with Gasteiger partial charge in [0.2, 0.25) is 0 Å². The lowest BCUT2D eigenvalue weighted by atomic mass is 9.76. The van der Waals surface area contributed by atoms with E-state index < -0.39 is 0 Å². The van der Waals surface area contributed by atoms with E-state index in [1.54, 1.807) is 0 Å². The van der Waals surface area contributed by atoms with Crippen LogP contribution in [0.5, 0.6) is 0 Å². The Morgan fingerprint density at radius 3 is 1.50 bits per heavy atom. The summed E-state index contributed by atoms with van der Waals surface area (Å²) in [6.07, 6.45) is 3.57. The summed E-state index contributed by atoms with van der Waals surface area (Å²) in [5, 5.41) is 0. The van der Waals surface area contributed by atoms with E-state index in [4.69, 9.17) is 0 Å². The van der Waals surface area contributed by atoms with Crippen molar-refractivity contribution >= 4 is 12.6 Å². The van der Waals surface area contributed by atoms with E-state index in [9.17, 15) is 9.59 Å². The van der Waals surface area contributed by atoms with Crippen molar-refractivity contribution in [3.8, 4) is 0 Å². The number of hydrogen-bond acceptors (Lipinski definition) is 2. The second-order valence-corrected chi connectivity index (χ2v) is 2.18. The Labute approximate surface area is 47.9 Å². The van der Waals surface area contributed by atoms with Gasteiger partial charge in [-0.1, -0.05) is 0 Å². The van der Waals surface area contributed by atoms with E-state index in [0.717, 1.165) is 25.4 Å². The zero-order valence-electron chi connectivity index (χ0n) is 4.54. The highest BCUT2D eigenvalue weighted by molar-refractivity contribution is 5.66. The minimum atomic E-state index is 0.0486. The third-order valence-corrected chi connectivity index (χ3v) is 1.73. The van der Waals surface area contributed by atoms with Crippen molar-refractivity contribution in [2.24, 2.45) is 11.8 Å². The molecule has 0 radical (unpaired) electrons. The van der Waals surface area contributed by atoms with Crippen LogP contribution in [0, 0.1) is 11.8 Å². The third kappa shape index (κ3) is 0.661. The van der Waals surface area contributed by atoms with Crippen LogP contribution < -0.4 is 0 Å². The highest BCUT2D eigenvalue weighted by Crippen LogP contribution is 2.30. The summed E-state index contributed by atoms with van der Waals surface area (Å²) in [5.74, 6) is 0.0972. The second-order valence-electron chi connectivity index (χ2n) is 2.18. The summed E-state index contributed by atoms with van der Waals surface area (Å²) in [6, 6.07) is 0. The van der Waals surface area contributed by atoms with Crippen molar-refractivity contribution in [2.75, 3.05) is 0 Å². The van der Waals surface area contributed by atoms with Gasteiger partial charge >= 0.3 is 0 Å². The molecule has 0 unspecified atom stereocenters. The molecule has 0 aromatic carbocycles.